The summed E-state index contributed by atoms with van der Waals surface area (Å²) in [7, 11) is 0. The first-order chi connectivity index (χ1) is 13.5. The number of carbonyl (C=O) groups excluding carboxylic acids is 2. The van der Waals surface area contributed by atoms with E-state index in [1.807, 2.05) is 12.1 Å². The van der Waals surface area contributed by atoms with E-state index in [0.29, 0.717) is 22.3 Å². The molecule has 2 amide bonds. The van der Waals surface area contributed by atoms with Crippen molar-refractivity contribution in [1.82, 2.24) is 10.2 Å². The lowest BCUT2D eigenvalue weighted by Gasteiger charge is -2.27. The van der Waals surface area contributed by atoms with Crippen LogP contribution in [0.15, 0.2) is 69.2 Å². The van der Waals surface area contributed by atoms with Crippen molar-refractivity contribution in [2.24, 2.45) is 0 Å². The number of hydrogen-bond donors (Lipinski definition) is 1. The Morgan fingerprint density at radius 2 is 1.89 bits per heavy atom. The molecule has 1 fully saturated rings. The van der Waals surface area contributed by atoms with Crippen LogP contribution < -0.4 is 5.32 Å². The number of halogens is 1. The first-order valence-corrected chi connectivity index (χ1v) is 9.07. The summed E-state index contributed by atoms with van der Waals surface area (Å²) in [6.45, 7) is 0.121. The van der Waals surface area contributed by atoms with Gasteiger partial charge in [0.05, 0.1) is 12.8 Å². The fourth-order valence-corrected chi connectivity index (χ4v) is 3.10. The Balaban J connectivity index is 1.61. The molecule has 1 saturated heterocycles. The van der Waals surface area contributed by atoms with Crippen molar-refractivity contribution in [3.05, 3.63) is 76.9 Å². The summed E-state index contributed by atoms with van der Waals surface area (Å²) >= 11 is 11.0. The predicted octanol–water partition coefficient (Wildman–Crippen LogP) is 4.02. The first-order valence-electron chi connectivity index (χ1n) is 8.28. The minimum Gasteiger partial charge on any atom is -0.467 e. The van der Waals surface area contributed by atoms with Crippen LogP contribution in [0.3, 0.4) is 0 Å². The summed E-state index contributed by atoms with van der Waals surface area (Å²) in [5.74, 6) is 0.420. The summed E-state index contributed by atoms with van der Waals surface area (Å²) in [6.07, 6.45) is 2.90. The van der Waals surface area contributed by atoms with Gasteiger partial charge >= 0.3 is 0 Å². The van der Waals surface area contributed by atoms with Gasteiger partial charge in [-0.25, -0.2) is 0 Å². The molecule has 0 radical (unpaired) electrons. The molecule has 0 spiro atoms. The van der Waals surface area contributed by atoms with Crippen LogP contribution in [0.5, 0.6) is 0 Å². The maximum atomic E-state index is 12.8. The molecular formula is C20H13ClN2O4S. The van der Waals surface area contributed by atoms with E-state index in [2.05, 4.69) is 5.32 Å². The molecule has 4 rings (SSSR count). The van der Waals surface area contributed by atoms with Gasteiger partial charge in [-0.1, -0.05) is 11.6 Å². The second kappa shape index (κ2) is 7.46. The third-order valence-corrected chi connectivity index (χ3v) is 4.70. The summed E-state index contributed by atoms with van der Waals surface area (Å²) in [6, 6.07) is 14.0. The Morgan fingerprint density at radius 3 is 2.61 bits per heavy atom. The van der Waals surface area contributed by atoms with E-state index < -0.39 is 11.8 Å². The fraction of sp³-hybridized carbons (Fsp3) is 0.0500. The van der Waals surface area contributed by atoms with Gasteiger partial charge in [0.25, 0.3) is 11.8 Å². The minimum atomic E-state index is -0.574. The van der Waals surface area contributed by atoms with Crippen LogP contribution in [0.4, 0.5) is 0 Å². The van der Waals surface area contributed by atoms with Crippen LogP contribution in [0.1, 0.15) is 11.5 Å². The third-order valence-electron chi connectivity index (χ3n) is 4.12. The number of rotatable bonds is 4. The number of benzene rings is 1. The molecule has 6 nitrogen and oxygen atoms in total. The van der Waals surface area contributed by atoms with Crippen molar-refractivity contribution in [3.8, 4) is 11.3 Å². The topological polar surface area (TPSA) is 75.7 Å². The van der Waals surface area contributed by atoms with Crippen LogP contribution in [0.25, 0.3) is 17.4 Å². The average Bonchev–Trinajstić information content (AvgIpc) is 3.35. The summed E-state index contributed by atoms with van der Waals surface area (Å²) < 4.78 is 11.0. The predicted molar refractivity (Wildman–Crippen MR) is 107 cm³/mol. The number of nitrogens with one attached hydrogen (secondary N) is 1. The van der Waals surface area contributed by atoms with E-state index in [1.54, 1.807) is 36.4 Å². The van der Waals surface area contributed by atoms with E-state index in [1.165, 1.54) is 17.2 Å². The van der Waals surface area contributed by atoms with Gasteiger partial charge in [0.15, 0.2) is 5.11 Å². The Morgan fingerprint density at radius 1 is 1.11 bits per heavy atom. The number of amides is 2. The second-order valence-electron chi connectivity index (χ2n) is 6.00. The van der Waals surface area contributed by atoms with E-state index in [9.17, 15) is 9.59 Å². The van der Waals surface area contributed by atoms with Gasteiger partial charge in [0.2, 0.25) is 0 Å². The minimum absolute atomic E-state index is 0.0323. The molecule has 0 bridgehead atoms. The van der Waals surface area contributed by atoms with Gasteiger partial charge in [0, 0.05) is 10.6 Å². The van der Waals surface area contributed by atoms with Gasteiger partial charge in [-0.05, 0) is 66.8 Å². The molecule has 140 valence electrons. The maximum absolute atomic E-state index is 12.8. The molecule has 0 saturated carbocycles. The quantitative estimate of drug-likeness (QED) is 0.398. The van der Waals surface area contributed by atoms with Crippen LogP contribution >= 0.6 is 23.8 Å². The lowest BCUT2D eigenvalue weighted by atomic mass is 10.1. The molecule has 0 unspecified atom stereocenters. The molecule has 8 heteroatoms. The van der Waals surface area contributed by atoms with Crippen molar-refractivity contribution in [2.45, 2.75) is 6.54 Å². The fourth-order valence-electron chi connectivity index (χ4n) is 2.74. The van der Waals surface area contributed by atoms with Crippen molar-refractivity contribution < 1.29 is 18.4 Å². The van der Waals surface area contributed by atoms with Gasteiger partial charge in [-0.2, -0.15) is 0 Å². The monoisotopic (exact) mass is 412 g/mol. The van der Waals surface area contributed by atoms with Gasteiger partial charge in [0.1, 0.15) is 22.9 Å². The molecule has 2 aromatic heterocycles. The van der Waals surface area contributed by atoms with Crippen LogP contribution in [-0.2, 0) is 16.1 Å². The highest BCUT2D eigenvalue weighted by Crippen LogP contribution is 2.25. The van der Waals surface area contributed by atoms with E-state index in [0.717, 1.165) is 5.56 Å². The first kappa shape index (κ1) is 18.2. The highest BCUT2D eigenvalue weighted by molar-refractivity contribution is 7.80. The molecule has 0 aliphatic carbocycles. The zero-order valence-electron chi connectivity index (χ0n) is 14.3. The molecule has 1 aromatic carbocycles. The molecule has 0 atom stereocenters. The number of thiocarbonyl (C=S) groups is 1. The average molecular weight is 413 g/mol. The Kier molecular flexibility index (Phi) is 4.85. The molecule has 3 heterocycles. The van der Waals surface area contributed by atoms with E-state index >= 15 is 0 Å². The Hall–Kier alpha value is -3.16. The highest BCUT2D eigenvalue weighted by Gasteiger charge is 2.34. The smallest absolute Gasteiger partial charge is 0.266 e. The summed E-state index contributed by atoms with van der Waals surface area (Å²) in [5, 5.41) is 3.17. The van der Waals surface area contributed by atoms with Crippen LogP contribution in [0.2, 0.25) is 5.02 Å². The maximum Gasteiger partial charge on any atom is 0.266 e. The van der Waals surface area contributed by atoms with Gasteiger partial charge in [-0.3, -0.25) is 19.8 Å². The highest BCUT2D eigenvalue weighted by atomic mass is 35.5. The van der Waals surface area contributed by atoms with Gasteiger partial charge in [-0.15, -0.1) is 0 Å². The van der Waals surface area contributed by atoms with E-state index in [4.69, 9.17) is 32.7 Å². The second-order valence-corrected chi connectivity index (χ2v) is 6.82. The van der Waals surface area contributed by atoms with Crippen LogP contribution in [-0.4, -0.2) is 21.8 Å². The van der Waals surface area contributed by atoms with Crippen molar-refractivity contribution >= 4 is 46.8 Å². The zero-order valence-corrected chi connectivity index (χ0v) is 15.9. The number of carbonyl (C=O) groups is 2. The van der Waals surface area contributed by atoms with Crippen LogP contribution in [0, 0.1) is 0 Å². The number of furan rings is 2. The molecular weight excluding hydrogens is 400 g/mol. The molecule has 1 N–H and O–H groups in total. The standard InChI is InChI=1S/C20H13ClN2O4S/c21-13-5-3-12(4-6-13)17-8-7-14(27-17)10-16-18(24)22-20(28)23(19(16)25)11-15-2-1-9-26-15/h1-10H,11H2,(H,22,24,28)/b16-10+. The third kappa shape index (κ3) is 3.62. The van der Waals surface area contributed by atoms with E-state index in [-0.39, 0.29) is 17.2 Å². The SMILES string of the molecule is O=C1NC(=S)N(Cc2ccco2)C(=O)/C1=C/c1ccc(-c2ccc(Cl)cc2)o1. The largest absolute Gasteiger partial charge is 0.467 e. The molecule has 28 heavy (non-hydrogen) atoms. The zero-order chi connectivity index (χ0) is 19.7. The molecule has 3 aromatic rings. The van der Waals surface area contributed by atoms with Crippen molar-refractivity contribution in [3.63, 3.8) is 0 Å². The normalized spacial score (nSPS) is 16.0. The summed E-state index contributed by atoms with van der Waals surface area (Å²) in [5.41, 5.74) is 0.756. The summed E-state index contributed by atoms with van der Waals surface area (Å²) in [4.78, 5) is 26.4. The molecule has 1 aliphatic rings. The Bertz CT molecular complexity index is 1080. The van der Waals surface area contributed by atoms with Crippen molar-refractivity contribution in [1.29, 1.82) is 0 Å². The lowest BCUT2D eigenvalue weighted by molar-refractivity contribution is -0.129. The van der Waals surface area contributed by atoms with Crippen molar-refractivity contribution in [2.75, 3.05) is 0 Å². The molecule has 1 aliphatic heterocycles. The Labute approximate surface area is 170 Å². The number of hydrogen-bond acceptors (Lipinski definition) is 5. The lowest BCUT2D eigenvalue weighted by Crippen LogP contribution is -2.53. The number of nitrogens with zero attached hydrogens (tertiary/aromatic N) is 1. The van der Waals surface area contributed by atoms with Gasteiger partial charge < -0.3 is 8.83 Å².